The Kier molecular flexibility index (Phi) is 5.49. The van der Waals surface area contributed by atoms with E-state index < -0.39 is 15.4 Å². The Labute approximate surface area is 102 Å². The lowest BCUT2D eigenvalue weighted by Gasteiger charge is -2.07. The van der Waals surface area contributed by atoms with Crippen molar-refractivity contribution in [1.29, 1.82) is 0 Å². The molecule has 0 spiro atoms. The van der Waals surface area contributed by atoms with Crippen LogP contribution in [-0.2, 0) is 14.4 Å². The van der Waals surface area contributed by atoms with E-state index in [4.69, 9.17) is 34.8 Å². The van der Waals surface area contributed by atoms with E-state index >= 15 is 0 Å². The molecule has 0 unspecified atom stereocenters. The molecule has 0 bridgehead atoms. The number of alkyl halides is 3. The summed E-state index contributed by atoms with van der Waals surface area (Å²) >= 11 is 16.3. The van der Waals surface area contributed by atoms with Gasteiger partial charge < -0.3 is 0 Å². The molecule has 0 aromatic rings. The maximum absolute atomic E-state index is 11.4. The largest absolute Gasteiger partial charge is 0.300 e. The molecule has 84 valence electrons. The summed E-state index contributed by atoms with van der Waals surface area (Å²) in [5, 5.41) is 0. The first-order valence-corrected chi connectivity index (χ1v) is 5.10. The van der Waals surface area contributed by atoms with Gasteiger partial charge in [0.05, 0.1) is 12.0 Å². The quantitative estimate of drug-likeness (QED) is 0.341. The molecule has 0 N–H and O–H groups in total. The summed E-state index contributed by atoms with van der Waals surface area (Å²) < 4.78 is -1.83. The molecule has 0 aliphatic carbocycles. The molecule has 0 aromatic heterocycles. The molecule has 0 rings (SSSR count). The highest BCUT2D eigenvalue weighted by Gasteiger charge is 2.23. The fourth-order valence-corrected chi connectivity index (χ4v) is 1.19. The van der Waals surface area contributed by atoms with Crippen LogP contribution < -0.4 is 0 Å². The van der Waals surface area contributed by atoms with Gasteiger partial charge in [-0.25, -0.2) is 0 Å². The van der Waals surface area contributed by atoms with E-state index in [0.29, 0.717) is 0 Å². The van der Waals surface area contributed by atoms with E-state index in [-0.39, 0.29) is 17.8 Å². The normalized spacial score (nSPS) is 12.5. The topological polar surface area (TPSA) is 51.2 Å². The molecular formula is C9H9Cl3O3. The number of hydrogen-bond acceptors (Lipinski definition) is 3. The van der Waals surface area contributed by atoms with Crippen LogP contribution >= 0.6 is 34.8 Å². The SMILES string of the molecule is CC(=O)CC(=O)C(=CC(Cl)(Cl)Cl)C(C)=O. The lowest BCUT2D eigenvalue weighted by Crippen LogP contribution is -2.16. The van der Waals surface area contributed by atoms with E-state index in [1.165, 1.54) is 13.8 Å². The van der Waals surface area contributed by atoms with Gasteiger partial charge in [-0.05, 0) is 19.9 Å². The van der Waals surface area contributed by atoms with Crippen molar-refractivity contribution in [2.45, 2.75) is 24.1 Å². The summed E-state index contributed by atoms with van der Waals surface area (Å²) in [6.45, 7) is 2.41. The highest BCUT2D eigenvalue weighted by atomic mass is 35.6. The van der Waals surface area contributed by atoms with E-state index in [1.54, 1.807) is 0 Å². The summed E-state index contributed by atoms with van der Waals surface area (Å²) in [6, 6.07) is 0. The number of Topliss-reactive ketones (excluding diaryl/α,β-unsaturated/α-hetero) is 3. The summed E-state index contributed by atoms with van der Waals surface area (Å²) in [6.07, 6.45) is 0.553. The molecule has 0 amide bonds. The number of carbonyl (C=O) groups is 3. The van der Waals surface area contributed by atoms with Crippen molar-refractivity contribution in [3.63, 3.8) is 0 Å². The molecule has 0 saturated heterocycles. The minimum absolute atomic E-state index is 0.259. The van der Waals surface area contributed by atoms with E-state index in [0.717, 1.165) is 6.08 Å². The van der Waals surface area contributed by atoms with Crippen molar-refractivity contribution in [2.24, 2.45) is 0 Å². The minimum Gasteiger partial charge on any atom is -0.300 e. The Bertz CT molecular complexity index is 326. The molecule has 0 aliphatic heterocycles. The van der Waals surface area contributed by atoms with Crippen LogP contribution in [0.3, 0.4) is 0 Å². The van der Waals surface area contributed by atoms with Crippen LogP contribution in [0, 0.1) is 0 Å². The highest BCUT2D eigenvalue weighted by Crippen LogP contribution is 2.29. The molecule has 0 aliphatic rings. The van der Waals surface area contributed by atoms with Crippen molar-refractivity contribution in [3.8, 4) is 0 Å². The van der Waals surface area contributed by atoms with Crippen molar-refractivity contribution >= 4 is 52.2 Å². The number of hydrogen-bond donors (Lipinski definition) is 0. The fourth-order valence-electron chi connectivity index (χ4n) is 0.863. The third-order valence-corrected chi connectivity index (χ3v) is 1.72. The number of allylic oxidation sites excluding steroid dienone is 2. The highest BCUT2D eigenvalue weighted by molar-refractivity contribution is 6.69. The molecule has 6 heteroatoms. The average Bonchev–Trinajstić information content (AvgIpc) is 1.96. The summed E-state index contributed by atoms with van der Waals surface area (Å²) in [5.41, 5.74) is -0.259. The van der Waals surface area contributed by atoms with Gasteiger partial charge in [-0.3, -0.25) is 14.4 Å². The Morgan fingerprint density at radius 1 is 1.13 bits per heavy atom. The van der Waals surface area contributed by atoms with Gasteiger partial charge in [0.2, 0.25) is 3.79 Å². The predicted octanol–water partition coefficient (Wildman–Crippen LogP) is 2.42. The van der Waals surface area contributed by atoms with Gasteiger partial charge in [-0.2, -0.15) is 0 Å². The summed E-state index contributed by atoms with van der Waals surface area (Å²) in [4.78, 5) is 33.1. The zero-order chi connectivity index (χ0) is 12.2. The monoisotopic (exact) mass is 270 g/mol. The van der Waals surface area contributed by atoms with Crippen molar-refractivity contribution < 1.29 is 14.4 Å². The van der Waals surface area contributed by atoms with Gasteiger partial charge in [-0.15, -0.1) is 0 Å². The third kappa shape index (κ3) is 6.66. The molecule has 0 heterocycles. The molecule has 0 aromatic carbocycles. The van der Waals surface area contributed by atoms with Gasteiger partial charge >= 0.3 is 0 Å². The molecule has 0 saturated carbocycles. The first-order chi connectivity index (χ1) is 6.63. The van der Waals surface area contributed by atoms with Crippen LogP contribution in [-0.4, -0.2) is 21.1 Å². The Hall–Kier alpha value is -0.380. The number of halogens is 3. The Balaban J connectivity index is 5.00. The standard InChI is InChI=1S/C9H9Cl3O3/c1-5(13)3-8(15)7(6(2)14)4-9(10,11)12/h4H,3H2,1-2H3. The Morgan fingerprint density at radius 3 is 1.87 bits per heavy atom. The first-order valence-electron chi connectivity index (χ1n) is 3.96. The second-order valence-corrected chi connectivity index (χ2v) is 5.33. The van der Waals surface area contributed by atoms with Crippen LogP contribution in [0.15, 0.2) is 11.6 Å². The molecule has 15 heavy (non-hydrogen) atoms. The van der Waals surface area contributed by atoms with Crippen LogP contribution in [0.4, 0.5) is 0 Å². The smallest absolute Gasteiger partial charge is 0.210 e. The summed E-state index contributed by atoms with van der Waals surface area (Å²) in [7, 11) is 0. The predicted molar refractivity (Wildman–Crippen MR) is 59.4 cm³/mol. The number of ketones is 3. The second-order valence-electron chi connectivity index (χ2n) is 2.96. The van der Waals surface area contributed by atoms with Gasteiger partial charge in [0, 0.05) is 0 Å². The van der Waals surface area contributed by atoms with Gasteiger partial charge in [0.1, 0.15) is 5.78 Å². The molecule has 3 nitrogen and oxygen atoms in total. The van der Waals surface area contributed by atoms with Crippen molar-refractivity contribution in [2.75, 3.05) is 0 Å². The number of carbonyl (C=O) groups excluding carboxylic acids is 3. The maximum atomic E-state index is 11.4. The molecule has 0 fully saturated rings. The van der Waals surface area contributed by atoms with Crippen LogP contribution in [0.5, 0.6) is 0 Å². The zero-order valence-corrected chi connectivity index (χ0v) is 10.4. The lowest BCUT2D eigenvalue weighted by atomic mass is 10.0. The molecule has 0 radical (unpaired) electrons. The average molecular weight is 272 g/mol. The van der Waals surface area contributed by atoms with Crippen molar-refractivity contribution in [3.05, 3.63) is 11.6 Å². The molecular weight excluding hydrogens is 262 g/mol. The van der Waals surface area contributed by atoms with Crippen LogP contribution in [0.25, 0.3) is 0 Å². The van der Waals surface area contributed by atoms with E-state index in [2.05, 4.69) is 0 Å². The Morgan fingerprint density at radius 2 is 1.60 bits per heavy atom. The second kappa shape index (κ2) is 5.64. The summed E-state index contributed by atoms with van der Waals surface area (Å²) in [5.74, 6) is -1.52. The van der Waals surface area contributed by atoms with E-state index in [9.17, 15) is 14.4 Å². The van der Waals surface area contributed by atoms with Crippen LogP contribution in [0.2, 0.25) is 0 Å². The minimum atomic E-state index is -1.83. The third-order valence-electron chi connectivity index (χ3n) is 1.40. The fraction of sp³-hybridized carbons (Fsp3) is 0.444. The van der Waals surface area contributed by atoms with Gasteiger partial charge in [-0.1, -0.05) is 34.8 Å². The lowest BCUT2D eigenvalue weighted by molar-refractivity contribution is -0.125. The number of rotatable bonds is 4. The maximum Gasteiger partial charge on any atom is 0.210 e. The molecule has 0 atom stereocenters. The first kappa shape index (κ1) is 14.6. The van der Waals surface area contributed by atoms with Crippen LogP contribution in [0.1, 0.15) is 20.3 Å². The van der Waals surface area contributed by atoms with Gasteiger partial charge in [0.15, 0.2) is 11.6 Å². The van der Waals surface area contributed by atoms with Crippen molar-refractivity contribution in [1.82, 2.24) is 0 Å². The van der Waals surface area contributed by atoms with Gasteiger partial charge in [0.25, 0.3) is 0 Å². The van der Waals surface area contributed by atoms with E-state index in [1.807, 2.05) is 0 Å². The zero-order valence-electron chi connectivity index (χ0n) is 8.14.